The van der Waals surface area contributed by atoms with E-state index in [1.807, 2.05) is 50.8 Å². The predicted molar refractivity (Wildman–Crippen MR) is 130 cm³/mol. The molecule has 2 aromatic rings. The summed E-state index contributed by atoms with van der Waals surface area (Å²) in [6.45, 7) is 9.87. The van der Waals surface area contributed by atoms with E-state index in [2.05, 4.69) is 10.6 Å². The van der Waals surface area contributed by atoms with Crippen LogP contribution in [0.2, 0.25) is 0 Å². The monoisotopic (exact) mass is 468 g/mol. The Hall–Kier alpha value is -3.26. The SMILES string of the molecule is Cc1cccc(C)c1NC(=O)CN1CCN(C(=O)[C@@H](NC(=O)c2ccccc2F)C(C)C)CC1. The number of para-hydroxylation sites is 1. The van der Waals surface area contributed by atoms with Gasteiger partial charge in [-0.1, -0.05) is 44.2 Å². The molecule has 0 bridgehead atoms. The van der Waals surface area contributed by atoms with Gasteiger partial charge in [0.1, 0.15) is 11.9 Å². The van der Waals surface area contributed by atoms with Crippen molar-refractivity contribution in [2.24, 2.45) is 5.92 Å². The van der Waals surface area contributed by atoms with Crippen molar-refractivity contribution < 1.29 is 18.8 Å². The van der Waals surface area contributed by atoms with E-state index in [1.165, 1.54) is 18.2 Å². The van der Waals surface area contributed by atoms with Crippen LogP contribution in [-0.2, 0) is 9.59 Å². The minimum atomic E-state index is -0.758. The van der Waals surface area contributed by atoms with Crippen LogP contribution in [0.4, 0.5) is 10.1 Å². The topological polar surface area (TPSA) is 81.8 Å². The summed E-state index contributed by atoms with van der Waals surface area (Å²) in [5, 5.41) is 5.70. The molecule has 1 saturated heterocycles. The highest BCUT2D eigenvalue weighted by molar-refractivity contribution is 5.98. The molecule has 3 rings (SSSR count). The first-order valence-electron chi connectivity index (χ1n) is 11.6. The lowest BCUT2D eigenvalue weighted by molar-refractivity contribution is -0.136. The van der Waals surface area contributed by atoms with E-state index in [0.29, 0.717) is 26.2 Å². The van der Waals surface area contributed by atoms with Gasteiger partial charge >= 0.3 is 0 Å². The third kappa shape index (κ3) is 6.20. The van der Waals surface area contributed by atoms with Gasteiger partial charge in [0.05, 0.1) is 12.1 Å². The maximum Gasteiger partial charge on any atom is 0.254 e. The first-order valence-corrected chi connectivity index (χ1v) is 11.6. The fourth-order valence-electron chi connectivity index (χ4n) is 4.09. The Balaban J connectivity index is 1.54. The summed E-state index contributed by atoms with van der Waals surface area (Å²) in [6, 6.07) is 10.8. The van der Waals surface area contributed by atoms with Gasteiger partial charge in [-0.2, -0.15) is 0 Å². The van der Waals surface area contributed by atoms with Crippen LogP contribution in [0.1, 0.15) is 35.3 Å². The van der Waals surface area contributed by atoms with Gasteiger partial charge in [0.25, 0.3) is 5.91 Å². The molecule has 8 heteroatoms. The zero-order valence-corrected chi connectivity index (χ0v) is 20.2. The minimum absolute atomic E-state index is 0.0827. The third-order valence-electron chi connectivity index (χ3n) is 6.13. The lowest BCUT2D eigenvalue weighted by atomic mass is 10.0. The van der Waals surface area contributed by atoms with Crippen LogP contribution in [0.3, 0.4) is 0 Å². The van der Waals surface area contributed by atoms with Gasteiger partial charge in [0.15, 0.2) is 0 Å². The number of rotatable bonds is 7. The number of piperazine rings is 1. The molecule has 2 N–H and O–H groups in total. The first kappa shape index (κ1) is 25.4. The summed E-state index contributed by atoms with van der Waals surface area (Å²) >= 11 is 0. The molecule has 0 saturated carbocycles. The Morgan fingerprint density at radius 3 is 2.15 bits per heavy atom. The fourth-order valence-corrected chi connectivity index (χ4v) is 4.09. The summed E-state index contributed by atoms with van der Waals surface area (Å²) in [7, 11) is 0. The van der Waals surface area contributed by atoms with Crippen molar-refractivity contribution in [2.75, 3.05) is 38.0 Å². The van der Waals surface area contributed by atoms with E-state index in [4.69, 9.17) is 0 Å². The second-order valence-electron chi connectivity index (χ2n) is 9.09. The number of aryl methyl sites for hydroxylation is 2. The van der Waals surface area contributed by atoms with Gasteiger partial charge < -0.3 is 15.5 Å². The number of hydrogen-bond donors (Lipinski definition) is 2. The maximum absolute atomic E-state index is 14.0. The molecular weight excluding hydrogens is 435 g/mol. The molecule has 0 unspecified atom stereocenters. The smallest absolute Gasteiger partial charge is 0.254 e. The van der Waals surface area contributed by atoms with E-state index in [9.17, 15) is 18.8 Å². The van der Waals surface area contributed by atoms with Crippen LogP contribution in [0.5, 0.6) is 0 Å². The number of amides is 3. The summed E-state index contributed by atoms with van der Waals surface area (Å²) in [5.41, 5.74) is 2.79. The number of carbonyl (C=O) groups is 3. The Bertz CT molecular complexity index is 1030. The molecule has 1 fully saturated rings. The number of halogens is 1. The average molecular weight is 469 g/mol. The molecule has 7 nitrogen and oxygen atoms in total. The molecule has 1 atom stereocenters. The van der Waals surface area contributed by atoms with Gasteiger partial charge in [-0.25, -0.2) is 4.39 Å². The summed E-state index contributed by atoms with van der Waals surface area (Å²) < 4.78 is 14.0. The highest BCUT2D eigenvalue weighted by Crippen LogP contribution is 2.19. The second-order valence-corrected chi connectivity index (χ2v) is 9.09. The molecule has 2 aromatic carbocycles. The normalized spacial score (nSPS) is 15.2. The van der Waals surface area contributed by atoms with Crippen molar-refractivity contribution in [3.63, 3.8) is 0 Å². The molecule has 1 aliphatic rings. The summed E-state index contributed by atoms with van der Waals surface area (Å²) in [5.74, 6) is -1.67. The predicted octanol–water partition coefficient (Wildman–Crippen LogP) is 2.98. The summed E-state index contributed by atoms with van der Waals surface area (Å²) in [4.78, 5) is 42.0. The molecule has 3 amide bonds. The minimum Gasteiger partial charge on any atom is -0.340 e. The maximum atomic E-state index is 14.0. The number of nitrogens with zero attached hydrogens (tertiary/aromatic N) is 2. The Morgan fingerprint density at radius 1 is 0.941 bits per heavy atom. The second kappa shape index (κ2) is 11.2. The Labute approximate surface area is 200 Å². The highest BCUT2D eigenvalue weighted by atomic mass is 19.1. The summed E-state index contributed by atoms with van der Waals surface area (Å²) in [6.07, 6.45) is 0. The van der Waals surface area contributed by atoms with Crippen LogP contribution in [0.25, 0.3) is 0 Å². The van der Waals surface area contributed by atoms with Crippen molar-refractivity contribution in [1.82, 2.24) is 15.1 Å². The van der Waals surface area contributed by atoms with Crippen molar-refractivity contribution in [3.05, 3.63) is 65.0 Å². The molecule has 0 radical (unpaired) electrons. The molecule has 0 aliphatic carbocycles. The lowest BCUT2D eigenvalue weighted by Crippen LogP contribution is -2.57. The quantitative estimate of drug-likeness (QED) is 0.655. The van der Waals surface area contributed by atoms with Crippen molar-refractivity contribution in [3.8, 4) is 0 Å². The van der Waals surface area contributed by atoms with Crippen LogP contribution in [0, 0.1) is 25.6 Å². The van der Waals surface area contributed by atoms with Crippen LogP contribution in [-0.4, -0.2) is 66.3 Å². The molecule has 1 aliphatic heterocycles. The Morgan fingerprint density at radius 2 is 1.56 bits per heavy atom. The van der Waals surface area contributed by atoms with Gasteiger partial charge in [-0.15, -0.1) is 0 Å². The molecule has 0 aromatic heterocycles. The third-order valence-corrected chi connectivity index (χ3v) is 6.13. The first-order chi connectivity index (χ1) is 16.2. The highest BCUT2D eigenvalue weighted by Gasteiger charge is 2.31. The molecular formula is C26H33FN4O3. The standard InChI is InChI=1S/C26H33FN4O3/c1-17(2)23(29-25(33)20-10-5-6-11-21(20)27)26(34)31-14-12-30(13-15-31)16-22(32)28-24-18(3)8-7-9-19(24)4/h5-11,17,23H,12-16H2,1-4H3,(H,28,32)(H,29,33)/t23-/m0/s1. The number of anilines is 1. The van der Waals surface area contributed by atoms with E-state index >= 15 is 0 Å². The number of carbonyl (C=O) groups excluding carboxylic acids is 3. The number of benzene rings is 2. The zero-order valence-electron chi connectivity index (χ0n) is 20.2. The van der Waals surface area contributed by atoms with E-state index < -0.39 is 17.8 Å². The largest absolute Gasteiger partial charge is 0.340 e. The molecule has 182 valence electrons. The molecule has 34 heavy (non-hydrogen) atoms. The number of nitrogens with one attached hydrogen (secondary N) is 2. The van der Waals surface area contributed by atoms with E-state index in [1.54, 1.807) is 11.0 Å². The fraction of sp³-hybridized carbons (Fsp3) is 0.423. The molecule has 0 spiro atoms. The van der Waals surface area contributed by atoms with Gasteiger partial charge in [0, 0.05) is 31.9 Å². The van der Waals surface area contributed by atoms with Crippen LogP contribution >= 0.6 is 0 Å². The molecule has 1 heterocycles. The Kier molecular flexibility index (Phi) is 8.39. The zero-order chi connectivity index (χ0) is 24.8. The van der Waals surface area contributed by atoms with Gasteiger partial charge in [-0.05, 0) is 43.0 Å². The van der Waals surface area contributed by atoms with Crippen molar-refractivity contribution in [1.29, 1.82) is 0 Å². The van der Waals surface area contributed by atoms with Gasteiger partial charge in [0.2, 0.25) is 11.8 Å². The van der Waals surface area contributed by atoms with Gasteiger partial charge in [-0.3, -0.25) is 19.3 Å². The van der Waals surface area contributed by atoms with E-state index in [-0.39, 0.29) is 29.8 Å². The van der Waals surface area contributed by atoms with Crippen LogP contribution in [0.15, 0.2) is 42.5 Å². The average Bonchev–Trinajstić information content (AvgIpc) is 2.80. The van der Waals surface area contributed by atoms with E-state index in [0.717, 1.165) is 16.8 Å². The van der Waals surface area contributed by atoms with Crippen molar-refractivity contribution >= 4 is 23.4 Å². The van der Waals surface area contributed by atoms with Crippen LogP contribution < -0.4 is 10.6 Å². The number of hydrogen-bond acceptors (Lipinski definition) is 4. The van der Waals surface area contributed by atoms with Crippen molar-refractivity contribution in [2.45, 2.75) is 33.7 Å². The lowest BCUT2D eigenvalue weighted by Gasteiger charge is -2.37.